The summed E-state index contributed by atoms with van der Waals surface area (Å²) in [6.45, 7) is 1.67. The van der Waals surface area contributed by atoms with E-state index >= 15 is 0 Å². The number of sulfonamides is 1. The lowest BCUT2D eigenvalue weighted by Crippen LogP contribution is -2.24. The molecule has 1 rings (SSSR count). The SMILES string of the molecule is CCONS(=O)(=O)c1ccc(Cl)cc1[N+](=O)[O-]. The Kier molecular flexibility index (Phi) is 4.40. The largest absolute Gasteiger partial charge is 0.290 e. The maximum atomic E-state index is 11.6. The Morgan fingerprint density at radius 3 is 2.71 bits per heavy atom. The predicted octanol–water partition coefficient (Wildman–Crippen LogP) is 1.48. The lowest BCUT2D eigenvalue weighted by molar-refractivity contribution is -0.387. The molecule has 0 bridgehead atoms. The number of hydrogen-bond donors (Lipinski definition) is 1. The van der Waals surface area contributed by atoms with Crippen molar-refractivity contribution in [3.05, 3.63) is 33.3 Å². The summed E-state index contributed by atoms with van der Waals surface area (Å²) in [7, 11) is -4.09. The molecule has 0 fully saturated rings. The second kappa shape index (κ2) is 5.41. The van der Waals surface area contributed by atoms with Crippen LogP contribution >= 0.6 is 11.6 Å². The van der Waals surface area contributed by atoms with E-state index in [9.17, 15) is 18.5 Å². The summed E-state index contributed by atoms with van der Waals surface area (Å²) in [5.41, 5.74) is -0.607. The molecule has 0 radical (unpaired) electrons. The Bertz CT molecular complexity index is 531. The van der Waals surface area contributed by atoms with Crippen LogP contribution in [0.15, 0.2) is 23.1 Å². The van der Waals surface area contributed by atoms with Gasteiger partial charge in [-0.05, 0) is 19.1 Å². The Morgan fingerprint density at radius 2 is 2.18 bits per heavy atom. The van der Waals surface area contributed by atoms with E-state index in [1.807, 2.05) is 0 Å². The van der Waals surface area contributed by atoms with Gasteiger partial charge in [0.15, 0.2) is 4.90 Å². The number of benzene rings is 1. The van der Waals surface area contributed by atoms with Gasteiger partial charge in [0.05, 0.1) is 11.5 Å². The van der Waals surface area contributed by atoms with Crippen molar-refractivity contribution in [2.24, 2.45) is 0 Å². The predicted molar refractivity (Wildman–Crippen MR) is 60.1 cm³/mol. The highest BCUT2D eigenvalue weighted by Gasteiger charge is 2.26. The van der Waals surface area contributed by atoms with Crippen molar-refractivity contribution in [2.45, 2.75) is 11.8 Å². The van der Waals surface area contributed by atoms with Crippen molar-refractivity contribution < 1.29 is 18.2 Å². The van der Waals surface area contributed by atoms with Gasteiger partial charge in [-0.2, -0.15) is 0 Å². The number of rotatable bonds is 5. The zero-order valence-electron chi connectivity index (χ0n) is 8.71. The van der Waals surface area contributed by atoms with Gasteiger partial charge in [0.25, 0.3) is 15.7 Å². The molecule has 0 aliphatic rings. The lowest BCUT2D eigenvalue weighted by Gasteiger charge is -2.06. The maximum Gasteiger partial charge on any atom is 0.290 e. The fourth-order valence-electron chi connectivity index (χ4n) is 1.04. The van der Waals surface area contributed by atoms with Gasteiger partial charge in [-0.15, -0.1) is 0 Å². The van der Waals surface area contributed by atoms with Crippen LogP contribution in [0.2, 0.25) is 5.02 Å². The Morgan fingerprint density at radius 1 is 1.53 bits per heavy atom. The molecular formula is C8H9ClN2O5S. The van der Waals surface area contributed by atoms with Gasteiger partial charge >= 0.3 is 0 Å². The summed E-state index contributed by atoms with van der Waals surface area (Å²) in [5.74, 6) is 0. The average Bonchev–Trinajstić information content (AvgIpc) is 2.26. The van der Waals surface area contributed by atoms with Crippen LogP contribution < -0.4 is 4.89 Å². The number of nitrogens with one attached hydrogen (secondary N) is 1. The summed E-state index contributed by atoms with van der Waals surface area (Å²) < 4.78 is 23.3. The van der Waals surface area contributed by atoms with Crippen molar-refractivity contribution >= 4 is 27.3 Å². The van der Waals surface area contributed by atoms with Crippen molar-refractivity contribution in [3.63, 3.8) is 0 Å². The second-order valence-electron chi connectivity index (χ2n) is 2.89. The molecule has 1 aromatic carbocycles. The number of hydrogen-bond acceptors (Lipinski definition) is 5. The third kappa shape index (κ3) is 3.37. The van der Waals surface area contributed by atoms with E-state index in [2.05, 4.69) is 4.84 Å². The molecule has 0 aliphatic carbocycles. The van der Waals surface area contributed by atoms with E-state index in [0.717, 1.165) is 12.1 Å². The highest BCUT2D eigenvalue weighted by Crippen LogP contribution is 2.26. The fourth-order valence-corrected chi connectivity index (χ4v) is 2.23. The normalized spacial score (nSPS) is 11.4. The third-order valence-electron chi connectivity index (χ3n) is 1.72. The first-order valence-corrected chi connectivity index (χ1v) is 6.32. The summed E-state index contributed by atoms with van der Waals surface area (Å²) >= 11 is 5.56. The van der Waals surface area contributed by atoms with Crippen LogP contribution in [0.1, 0.15) is 6.92 Å². The number of nitro groups is 1. The molecule has 0 aliphatic heterocycles. The molecule has 0 saturated heterocycles. The van der Waals surface area contributed by atoms with Gasteiger partial charge in [-0.3, -0.25) is 15.0 Å². The molecule has 1 aromatic rings. The molecule has 94 valence electrons. The van der Waals surface area contributed by atoms with Crippen LogP contribution in [0.5, 0.6) is 0 Å². The first kappa shape index (κ1) is 13.8. The van der Waals surface area contributed by atoms with Gasteiger partial charge in [0, 0.05) is 11.1 Å². The minimum atomic E-state index is -4.09. The quantitative estimate of drug-likeness (QED) is 0.650. The Labute approximate surface area is 102 Å². The lowest BCUT2D eigenvalue weighted by atomic mass is 10.3. The molecule has 7 nitrogen and oxygen atoms in total. The van der Waals surface area contributed by atoms with Gasteiger partial charge < -0.3 is 0 Å². The van der Waals surface area contributed by atoms with Gasteiger partial charge in [-0.25, -0.2) is 8.42 Å². The molecule has 0 heterocycles. The second-order valence-corrected chi connectivity index (χ2v) is 4.94. The average molecular weight is 281 g/mol. The van der Waals surface area contributed by atoms with Crippen LogP contribution in [-0.2, 0) is 14.9 Å². The van der Waals surface area contributed by atoms with Crippen molar-refractivity contribution in [3.8, 4) is 0 Å². The molecule has 9 heteroatoms. The summed E-state index contributed by atoms with van der Waals surface area (Å²) in [6.07, 6.45) is 0. The molecule has 0 amide bonds. The monoisotopic (exact) mass is 280 g/mol. The molecule has 0 spiro atoms. The highest BCUT2D eigenvalue weighted by molar-refractivity contribution is 7.89. The van der Waals surface area contributed by atoms with Crippen molar-refractivity contribution in [1.82, 2.24) is 4.89 Å². The standard InChI is InChI=1S/C8H9ClN2O5S/c1-2-16-10-17(14,15)8-4-3-6(9)5-7(8)11(12)13/h3-5,10H,2H2,1H3. The van der Waals surface area contributed by atoms with E-state index in [1.165, 1.54) is 6.07 Å². The number of nitro benzene ring substituents is 1. The van der Waals surface area contributed by atoms with E-state index in [0.29, 0.717) is 0 Å². The number of halogens is 1. The molecular weight excluding hydrogens is 272 g/mol. The molecule has 1 N–H and O–H groups in total. The van der Waals surface area contributed by atoms with E-state index in [-0.39, 0.29) is 11.6 Å². The highest BCUT2D eigenvalue weighted by atomic mass is 35.5. The first-order chi connectivity index (χ1) is 7.88. The zero-order valence-corrected chi connectivity index (χ0v) is 10.3. The fraction of sp³-hybridized carbons (Fsp3) is 0.250. The smallest absolute Gasteiger partial charge is 0.287 e. The zero-order chi connectivity index (χ0) is 13.1. The summed E-state index contributed by atoms with van der Waals surface area (Å²) in [6, 6.07) is 3.25. The summed E-state index contributed by atoms with van der Waals surface area (Å²) in [5, 5.41) is 10.8. The summed E-state index contributed by atoms with van der Waals surface area (Å²) in [4.78, 5) is 15.7. The van der Waals surface area contributed by atoms with Gasteiger partial charge in [0.1, 0.15) is 0 Å². The molecule has 0 aromatic heterocycles. The van der Waals surface area contributed by atoms with Crippen LogP contribution in [0.3, 0.4) is 0 Å². The van der Waals surface area contributed by atoms with E-state index in [1.54, 1.807) is 11.8 Å². The van der Waals surface area contributed by atoms with Crippen molar-refractivity contribution in [1.29, 1.82) is 0 Å². The minimum Gasteiger partial charge on any atom is -0.287 e. The Balaban J connectivity index is 3.26. The van der Waals surface area contributed by atoms with Crippen molar-refractivity contribution in [2.75, 3.05) is 6.61 Å². The van der Waals surface area contributed by atoms with Gasteiger partial charge in [-0.1, -0.05) is 16.5 Å². The van der Waals surface area contributed by atoms with E-state index in [4.69, 9.17) is 11.6 Å². The van der Waals surface area contributed by atoms with Gasteiger partial charge in [0.2, 0.25) is 0 Å². The molecule has 0 saturated carbocycles. The third-order valence-corrected chi connectivity index (χ3v) is 3.22. The van der Waals surface area contributed by atoms with E-state index < -0.39 is 25.5 Å². The Hall–Kier alpha value is -1.22. The molecule has 0 atom stereocenters. The van der Waals surface area contributed by atoms with Crippen LogP contribution in [0, 0.1) is 10.1 Å². The van der Waals surface area contributed by atoms with Crippen LogP contribution in [-0.4, -0.2) is 19.9 Å². The topological polar surface area (TPSA) is 98.5 Å². The maximum absolute atomic E-state index is 11.6. The van der Waals surface area contributed by atoms with Crippen LogP contribution in [0.4, 0.5) is 5.69 Å². The minimum absolute atomic E-state index is 0.0760. The molecule has 0 unspecified atom stereocenters. The molecule has 17 heavy (non-hydrogen) atoms. The first-order valence-electron chi connectivity index (χ1n) is 4.46. The van der Waals surface area contributed by atoms with Crippen LogP contribution in [0.25, 0.3) is 0 Å². The number of nitrogens with zero attached hydrogens (tertiary/aromatic N) is 1.